The Hall–Kier alpha value is -8.47. The van der Waals surface area contributed by atoms with Crippen molar-refractivity contribution in [3.63, 3.8) is 0 Å². The fraction of sp³-hybridized carbons (Fsp3) is 0.333. The maximum atomic E-state index is 6.75. The second-order valence-corrected chi connectivity index (χ2v) is 30.1. The Kier molecular flexibility index (Phi) is 26.8. The Bertz CT molecular complexity index is 3780. The fourth-order valence-corrected chi connectivity index (χ4v) is 12.0. The number of hydrogen-bond acceptors (Lipinski definition) is 7. The van der Waals surface area contributed by atoms with E-state index in [1.54, 1.807) is 0 Å². The molecule has 7 nitrogen and oxygen atoms in total. The average molecular weight is 1420 g/mol. The number of nitrogens with zero attached hydrogens (tertiary/aromatic N) is 1. The maximum absolute atomic E-state index is 6.75. The quantitative estimate of drug-likeness (QED) is 0.0505. The van der Waals surface area contributed by atoms with Gasteiger partial charge < -0.3 is 34.3 Å². The monoisotopic (exact) mass is 1420 g/mol. The summed E-state index contributed by atoms with van der Waals surface area (Å²) in [6.07, 6.45) is 0. The van der Waals surface area contributed by atoms with Crippen molar-refractivity contribution in [1.82, 2.24) is 0 Å². The first kappa shape index (κ1) is 75.3. The van der Waals surface area contributed by atoms with Gasteiger partial charge in [0.15, 0.2) is 0 Å². The SMILES string of the molecule is CC(C)c1ccc(Oc2cc(I)ccc2C(C)C)cc1.CC(C)c1ccc(Oc2cc(N(c3ccc(C(C)C)c(Oc4ccc(C(C)C)cc4)c3)c3ccc(C(C)C)c(Oc4ccc(C(C)C)cc4)c3)ccc2C(C)C)cc1.CC(C)c1ccc(Oc2cc(N)ccc2C(C)C)cc1. The molecule has 0 aromatic heterocycles. The van der Waals surface area contributed by atoms with E-state index in [2.05, 4.69) is 348 Å². The molecule has 0 amide bonds. The second kappa shape index (κ2) is 34.8. The largest absolute Gasteiger partial charge is 0.457 e. The number of hydrogen-bond donors (Lipinski definition) is 1. The molecule has 0 saturated carbocycles. The van der Waals surface area contributed by atoms with Crippen LogP contribution in [0, 0.1) is 3.57 Å². The molecule has 0 aliphatic carbocycles. The van der Waals surface area contributed by atoms with Crippen molar-refractivity contribution in [1.29, 1.82) is 0 Å². The molecule has 0 atom stereocenters. The molecule has 0 heterocycles. The lowest BCUT2D eigenvalue weighted by Crippen LogP contribution is -2.12. The Morgan fingerprint density at radius 3 is 0.663 bits per heavy atom. The molecule has 0 bridgehead atoms. The first-order valence-corrected chi connectivity index (χ1v) is 36.5. The van der Waals surface area contributed by atoms with Gasteiger partial charge in [0.2, 0.25) is 0 Å². The normalized spacial score (nSPS) is 11.5. The zero-order valence-electron chi connectivity index (χ0n) is 61.9. The summed E-state index contributed by atoms with van der Waals surface area (Å²) in [6, 6.07) is 74.1. The van der Waals surface area contributed by atoms with Crippen LogP contribution < -0.4 is 34.3 Å². The number of anilines is 4. The molecule has 0 radical (unpaired) electrons. The number of nitrogens with two attached hydrogens (primary N) is 1. The highest BCUT2D eigenvalue weighted by Crippen LogP contribution is 2.46. The lowest BCUT2D eigenvalue weighted by Gasteiger charge is -2.29. The van der Waals surface area contributed by atoms with Crippen molar-refractivity contribution < 1.29 is 23.7 Å². The highest BCUT2D eigenvalue weighted by molar-refractivity contribution is 14.1. The van der Waals surface area contributed by atoms with Crippen molar-refractivity contribution in [3.8, 4) is 57.5 Å². The van der Waals surface area contributed by atoms with Crippen LogP contribution in [0.5, 0.6) is 57.5 Å². The minimum Gasteiger partial charge on any atom is -0.457 e. The maximum Gasteiger partial charge on any atom is 0.132 e. The number of ether oxygens (including phenoxy) is 5. The van der Waals surface area contributed by atoms with Crippen LogP contribution in [0.15, 0.2) is 212 Å². The lowest BCUT2D eigenvalue weighted by atomic mass is 9.98. The number of rotatable bonds is 23. The summed E-state index contributed by atoms with van der Waals surface area (Å²) < 4.78 is 33.5. The third kappa shape index (κ3) is 20.6. The number of halogens is 1. The van der Waals surface area contributed by atoms with Gasteiger partial charge in [-0.25, -0.2) is 0 Å². The Morgan fingerprint density at radius 1 is 0.235 bits per heavy atom. The van der Waals surface area contributed by atoms with Gasteiger partial charge in [0.05, 0.1) is 0 Å². The van der Waals surface area contributed by atoms with Crippen LogP contribution in [0.1, 0.15) is 253 Å². The minimum absolute atomic E-state index is 0.257. The Morgan fingerprint density at radius 2 is 0.439 bits per heavy atom. The van der Waals surface area contributed by atoms with E-state index in [9.17, 15) is 0 Å². The standard InChI is InChI=1S/C54H63NO3.C18H21IO.C18H23NO/c1-34(2)40-13-22-46(23-14-40)56-52-31-43(19-28-49(52)37(7)8)55(44-20-29-50(38(9)10)53(32-44)57-47-24-15-41(16-25-47)35(3)4)45-21-30-51(39(11)12)54(33-45)58-48-26-17-42(18-27-48)36(5)6;2*1-12(2)14-5-8-16(9-6-14)20-18-11-15(19)7-10-17(18)13(3)4/h13-39H,1-12H3;5-13H,1-4H3;5-13H,19H2,1-4H3. The molecule has 0 fully saturated rings. The van der Waals surface area contributed by atoms with Crippen LogP contribution in [-0.4, -0.2) is 0 Å². The van der Waals surface area contributed by atoms with Crippen LogP contribution in [0.4, 0.5) is 22.7 Å². The fourth-order valence-electron chi connectivity index (χ4n) is 11.6. The van der Waals surface area contributed by atoms with Crippen molar-refractivity contribution in [2.45, 2.75) is 198 Å². The summed E-state index contributed by atoms with van der Waals surface area (Å²) in [5, 5.41) is 0. The van der Waals surface area contributed by atoms with Crippen molar-refractivity contribution in [3.05, 3.63) is 272 Å². The van der Waals surface area contributed by atoms with E-state index < -0.39 is 0 Å². The van der Waals surface area contributed by atoms with Gasteiger partial charge in [0, 0.05) is 50.6 Å². The van der Waals surface area contributed by atoms with Gasteiger partial charge in [-0.05, 0) is 234 Å². The Labute approximate surface area is 602 Å². The molecule has 0 aliphatic rings. The predicted molar refractivity (Wildman–Crippen MR) is 425 cm³/mol. The highest BCUT2D eigenvalue weighted by Gasteiger charge is 2.23. The van der Waals surface area contributed by atoms with Crippen LogP contribution >= 0.6 is 22.6 Å². The lowest BCUT2D eigenvalue weighted by molar-refractivity contribution is 0.472. The van der Waals surface area contributed by atoms with Crippen LogP contribution in [0.2, 0.25) is 0 Å². The third-order valence-corrected chi connectivity index (χ3v) is 18.4. The molecule has 10 aromatic rings. The molecule has 2 N–H and O–H groups in total. The van der Waals surface area contributed by atoms with Gasteiger partial charge in [-0.15, -0.1) is 0 Å². The summed E-state index contributed by atoms with van der Waals surface area (Å²) in [4.78, 5) is 2.29. The smallest absolute Gasteiger partial charge is 0.132 e. The topological polar surface area (TPSA) is 75.4 Å². The van der Waals surface area contributed by atoms with Crippen molar-refractivity contribution >= 4 is 45.3 Å². The highest BCUT2D eigenvalue weighted by atomic mass is 127. The molecule has 0 unspecified atom stereocenters. The molecule has 0 spiro atoms. The Balaban J connectivity index is 0.000000247. The summed E-state index contributed by atoms with van der Waals surface area (Å²) in [5.74, 6) is 12.5. The van der Waals surface area contributed by atoms with E-state index in [1.165, 1.54) is 42.5 Å². The first-order chi connectivity index (χ1) is 46.6. The minimum atomic E-state index is 0.257. The predicted octanol–water partition coefficient (Wildman–Crippen LogP) is 28.9. The van der Waals surface area contributed by atoms with E-state index in [0.29, 0.717) is 41.4 Å². The molecular formula is C90H107IN2O5. The van der Waals surface area contributed by atoms with Gasteiger partial charge in [-0.2, -0.15) is 0 Å². The van der Waals surface area contributed by atoms with Gasteiger partial charge in [-0.3, -0.25) is 0 Å². The van der Waals surface area contributed by atoms with Crippen LogP contribution in [-0.2, 0) is 0 Å². The zero-order chi connectivity index (χ0) is 71.1. The molecule has 0 saturated heterocycles. The van der Waals surface area contributed by atoms with Gasteiger partial charge in [-0.1, -0.05) is 229 Å². The van der Waals surface area contributed by atoms with E-state index in [-0.39, 0.29) is 17.8 Å². The van der Waals surface area contributed by atoms with E-state index in [1.807, 2.05) is 30.3 Å². The second-order valence-electron chi connectivity index (χ2n) is 28.9. The van der Waals surface area contributed by atoms with Gasteiger partial charge in [0.25, 0.3) is 0 Å². The summed E-state index contributed by atoms with van der Waals surface area (Å²) in [7, 11) is 0. The van der Waals surface area contributed by atoms with Crippen LogP contribution in [0.3, 0.4) is 0 Å². The molecule has 10 rings (SSSR count). The summed E-state index contributed by atoms with van der Waals surface area (Å²) >= 11 is 2.32. The molecule has 10 aromatic carbocycles. The molecule has 514 valence electrons. The van der Waals surface area contributed by atoms with E-state index >= 15 is 0 Å². The number of nitrogen functional groups attached to an aromatic ring is 1. The number of benzene rings is 10. The summed E-state index contributed by atoms with van der Waals surface area (Å²) in [6.45, 7) is 44.0. The van der Waals surface area contributed by atoms with Crippen molar-refractivity contribution in [2.24, 2.45) is 0 Å². The van der Waals surface area contributed by atoms with Crippen molar-refractivity contribution in [2.75, 3.05) is 10.6 Å². The average Bonchev–Trinajstić information content (AvgIpc) is 0.775. The first-order valence-electron chi connectivity index (χ1n) is 35.4. The third-order valence-electron chi connectivity index (χ3n) is 17.8. The zero-order valence-corrected chi connectivity index (χ0v) is 64.1. The molecule has 8 heteroatoms. The van der Waals surface area contributed by atoms with Crippen LogP contribution in [0.25, 0.3) is 0 Å². The van der Waals surface area contributed by atoms with Gasteiger partial charge in [0.1, 0.15) is 57.5 Å². The molecule has 98 heavy (non-hydrogen) atoms. The van der Waals surface area contributed by atoms with E-state index in [0.717, 1.165) is 96.9 Å². The van der Waals surface area contributed by atoms with E-state index in [4.69, 9.17) is 29.4 Å². The molecular weight excluding hydrogens is 1320 g/mol. The molecule has 0 aliphatic heterocycles. The summed E-state index contributed by atoms with van der Waals surface area (Å²) in [5.41, 5.74) is 21.8. The van der Waals surface area contributed by atoms with Gasteiger partial charge >= 0.3 is 0 Å².